The fraction of sp³-hybridized carbons (Fsp3) is 0.0909. The number of phenolic OH excluding ortho intramolecular Hbond substituents is 1. The average molecular weight is 341 g/mol. The minimum absolute atomic E-state index is 0.199. The number of rotatable bonds is 4. The third-order valence-corrected chi connectivity index (χ3v) is 4.46. The van der Waals surface area contributed by atoms with Crippen molar-refractivity contribution in [3.05, 3.63) is 95.9 Å². The fourth-order valence-corrected chi connectivity index (χ4v) is 3.18. The molecule has 0 aliphatic carbocycles. The zero-order valence-electron chi connectivity index (χ0n) is 14.4. The second kappa shape index (κ2) is 6.84. The highest BCUT2D eigenvalue weighted by Gasteiger charge is 2.20. The third-order valence-electron chi connectivity index (χ3n) is 4.46. The van der Waals surface area contributed by atoms with Crippen molar-refractivity contribution in [1.82, 2.24) is 9.97 Å². The number of aromatic hydroxyl groups is 1. The van der Waals surface area contributed by atoms with E-state index in [9.17, 15) is 5.11 Å². The number of hydrogen-bond donors (Lipinski definition) is 2. The number of anilines is 1. The molecule has 0 saturated carbocycles. The zero-order valence-corrected chi connectivity index (χ0v) is 14.4. The van der Waals surface area contributed by atoms with Gasteiger partial charge in [0.05, 0.1) is 6.04 Å². The van der Waals surface area contributed by atoms with Gasteiger partial charge < -0.3 is 10.4 Å². The second-order valence-corrected chi connectivity index (χ2v) is 6.31. The Morgan fingerprint density at radius 2 is 1.77 bits per heavy atom. The van der Waals surface area contributed by atoms with Gasteiger partial charge in [-0.25, -0.2) is 0 Å². The molecule has 1 atom stereocenters. The predicted octanol–water partition coefficient (Wildman–Crippen LogP) is 4.85. The Hall–Kier alpha value is -3.40. The van der Waals surface area contributed by atoms with E-state index in [0.29, 0.717) is 5.52 Å². The molecule has 2 aromatic carbocycles. The van der Waals surface area contributed by atoms with Gasteiger partial charge in [-0.05, 0) is 48.4 Å². The van der Waals surface area contributed by atoms with Crippen molar-refractivity contribution in [2.75, 3.05) is 5.32 Å². The highest BCUT2D eigenvalue weighted by Crippen LogP contribution is 2.36. The molecule has 0 saturated heterocycles. The van der Waals surface area contributed by atoms with E-state index in [0.717, 1.165) is 22.2 Å². The smallest absolute Gasteiger partial charge is 0.147 e. The molecule has 4 rings (SSSR count). The lowest BCUT2D eigenvalue weighted by molar-refractivity contribution is 0.472. The first-order valence-corrected chi connectivity index (χ1v) is 8.52. The number of nitrogens with zero attached hydrogens (tertiary/aromatic N) is 2. The minimum atomic E-state index is -0.216. The Labute approximate surface area is 152 Å². The molecule has 0 unspecified atom stereocenters. The van der Waals surface area contributed by atoms with Gasteiger partial charge in [0.1, 0.15) is 11.3 Å². The van der Waals surface area contributed by atoms with Crippen LogP contribution in [0.1, 0.15) is 22.7 Å². The molecular formula is C22H19N3O. The average Bonchev–Trinajstić information content (AvgIpc) is 2.68. The monoisotopic (exact) mass is 341 g/mol. The van der Waals surface area contributed by atoms with Crippen molar-refractivity contribution in [3.8, 4) is 5.75 Å². The van der Waals surface area contributed by atoms with Gasteiger partial charge in [-0.2, -0.15) is 0 Å². The molecule has 2 N–H and O–H groups in total. The molecular weight excluding hydrogens is 322 g/mol. The van der Waals surface area contributed by atoms with Gasteiger partial charge in [0.2, 0.25) is 0 Å². The van der Waals surface area contributed by atoms with E-state index in [1.165, 1.54) is 5.56 Å². The Morgan fingerprint density at radius 1 is 0.923 bits per heavy atom. The molecule has 0 bridgehead atoms. The Morgan fingerprint density at radius 3 is 2.58 bits per heavy atom. The summed E-state index contributed by atoms with van der Waals surface area (Å²) in [4.78, 5) is 8.46. The lowest BCUT2D eigenvalue weighted by Gasteiger charge is -2.22. The largest absolute Gasteiger partial charge is 0.505 e. The van der Waals surface area contributed by atoms with Crippen molar-refractivity contribution in [3.63, 3.8) is 0 Å². The summed E-state index contributed by atoms with van der Waals surface area (Å²) in [5, 5.41) is 15.4. The second-order valence-electron chi connectivity index (χ2n) is 6.31. The summed E-state index contributed by atoms with van der Waals surface area (Å²) >= 11 is 0. The molecule has 4 aromatic rings. The molecule has 4 nitrogen and oxygen atoms in total. The van der Waals surface area contributed by atoms with Gasteiger partial charge in [0.25, 0.3) is 0 Å². The number of pyridine rings is 2. The van der Waals surface area contributed by atoms with Crippen LogP contribution in [-0.4, -0.2) is 15.1 Å². The summed E-state index contributed by atoms with van der Waals surface area (Å²) in [6.07, 6.45) is 5.22. The number of hydrogen-bond acceptors (Lipinski definition) is 4. The molecule has 0 aliphatic rings. The highest BCUT2D eigenvalue weighted by molar-refractivity contribution is 5.86. The van der Waals surface area contributed by atoms with Crippen LogP contribution in [0.4, 0.5) is 5.69 Å². The molecule has 128 valence electrons. The van der Waals surface area contributed by atoms with Crippen molar-refractivity contribution < 1.29 is 5.11 Å². The Kier molecular flexibility index (Phi) is 4.23. The fourth-order valence-electron chi connectivity index (χ4n) is 3.18. The Balaban J connectivity index is 1.84. The summed E-state index contributed by atoms with van der Waals surface area (Å²) in [6.45, 7) is 2.06. The summed E-state index contributed by atoms with van der Waals surface area (Å²) in [5.41, 5.74) is 4.58. The molecule has 0 aliphatic heterocycles. The van der Waals surface area contributed by atoms with Crippen molar-refractivity contribution in [1.29, 1.82) is 0 Å². The summed E-state index contributed by atoms with van der Waals surface area (Å²) < 4.78 is 0. The minimum Gasteiger partial charge on any atom is -0.505 e. The maximum atomic E-state index is 10.9. The van der Waals surface area contributed by atoms with E-state index in [4.69, 9.17) is 0 Å². The SMILES string of the molecule is Cc1cccc(N[C@@H](c2ccncc2)c2ccc3cccnc3c2O)c1. The molecule has 0 amide bonds. The third kappa shape index (κ3) is 3.09. The van der Waals surface area contributed by atoms with E-state index in [1.807, 2.05) is 48.5 Å². The predicted molar refractivity (Wildman–Crippen MR) is 104 cm³/mol. The lowest BCUT2D eigenvalue weighted by atomic mass is 9.96. The molecule has 26 heavy (non-hydrogen) atoms. The zero-order chi connectivity index (χ0) is 17.9. The maximum absolute atomic E-state index is 10.9. The highest BCUT2D eigenvalue weighted by atomic mass is 16.3. The van der Waals surface area contributed by atoms with Crippen LogP contribution in [0.15, 0.2) is 79.3 Å². The number of aryl methyl sites for hydroxylation is 1. The van der Waals surface area contributed by atoms with Crippen molar-refractivity contribution in [2.45, 2.75) is 13.0 Å². The van der Waals surface area contributed by atoms with Gasteiger partial charge in [-0.1, -0.05) is 30.3 Å². The molecule has 2 aromatic heterocycles. The van der Waals surface area contributed by atoms with Gasteiger partial charge in [0.15, 0.2) is 0 Å². The van der Waals surface area contributed by atoms with Crippen molar-refractivity contribution in [2.24, 2.45) is 0 Å². The van der Waals surface area contributed by atoms with Crippen LogP contribution in [0.3, 0.4) is 0 Å². The summed E-state index contributed by atoms with van der Waals surface area (Å²) in [6, 6.07) is 19.6. The quantitative estimate of drug-likeness (QED) is 0.557. The number of aromatic nitrogens is 2. The van der Waals surface area contributed by atoms with E-state index < -0.39 is 0 Å². The molecule has 0 radical (unpaired) electrons. The van der Waals surface area contributed by atoms with Crippen LogP contribution in [-0.2, 0) is 0 Å². The van der Waals surface area contributed by atoms with Gasteiger partial charge >= 0.3 is 0 Å². The number of nitrogens with one attached hydrogen (secondary N) is 1. The van der Waals surface area contributed by atoms with E-state index >= 15 is 0 Å². The van der Waals surface area contributed by atoms with Crippen LogP contribution in [0.2, 0.25) is 0 Å². The van der Waals surface area contributed by atoms with Crippen LogP contribution < -0.4 is 5.32 Å². The van der Waals surface area contributed by atoms with Crippen LogP contribution >= 0.6 is 0 Å². The van der Waals surface area contributed by atoms with E-state index in [2.05, 4.69) is 34.3 Å². The molecule has 0 fully saturated rings. The molecule has 4 heteroatoms. The number of phenols is 1. The normalized spacial score (nSPS) is 12.0. The lowest BCUT2D eigenvalue weighted by Crippen LogP contribution is -2.13. The maximum Gasteiger partial charge on any atom is 0.147 e. The standard InChI is InChI=1S/C22H19N3O/c1-15-4-2-6-18(14-15)25-20(17-9-12-23-13-10-17)19-8-7-16-5-3-11-24-21(16)22(19)26/h2-14,20,25-26H,1H3/t20-/m0/s1. The summed E-state index contributed by atoms with van der Waals surface area (Å²) in [7, 11) is 0. The molecule has 0 spiro atoms. The topological polar surface area (TPSA) is 58.0 Å². The van der Waals surface area contributed by atoms with Gasteiger partial charge in [0, 0.05) is 35.2 Å². The van der Waals surface area contributed by atoms with Crippen LogP contribution in [0, 0.1) is 6.92 Å². The first kappa shape index (κ1) is 16.1. The number of benzene rings is 2. The first-order chi connectivity index (χ1) is 12.7. The van der Waals surface area contributed by atoms with Crippen molar-refractivity contribution >= 4 is 16.6 Å². The van der Waals surface area contributed by atoms with Gasteiger partial charge in [-0.15, -0.1) is 0 Å². The van der Waals surface area contributed by atoms with Gasteiger partial charge in [-0.3, -0.25) is 9.97 Å². The number of fused-ring (bicyclic) bond motifs is 1. The summed E-state index contributed by atoms with van der Waals surface area (Å²) in [5.74, 6) is 0.199. The Bertz CT molecular complexity index is 1050. The first-order valence-electron chi connectivity index (χ1n) is 8.52. The van der Waals surface area contributed by atoms with Crippen LogP contribution in [0.5, 0.6) is 5.75 Å². The molecule has 2 heterocycles. The van der Waals surface area contributed by atoms with E-state index in [1.54, 1.807) is 18.6 Å². The van der Waals surface area contributed by atoms with E-state index in [-0.39, 0.29) is 11.8 Å². The van der Waals surface area contributed by atoms with Crippen LogP contribution in [0.25, 0.3) is 10.9 Å².